The Bertz CT molecular complexity index is 758. The van der Waals surface area contributed by atoms with E-state index in [1.165, 1.54) is 0 Å². The van der Waals surface area contributed by atoms with Crippen LogP contribution >= 0.6 is 0 Å². The standard InChI is InChI=1S/C14H13N3O/c15-7-8-4-5-9-12(6-8)17-11-3-1-2-10(13(9)11)14(16)18/h1-6,17H,7,15H2,(H2,16,18). The number of nitrogens with one attached hydrogen (secondary N) is 1. The van der Waals surface area contributed by atoms with Gasteiger partial charge >= 0.3 is 0 Å². The van der Waals surface area contributed by atoms with Crippen LogP contribution in [0, 0.1) is 0 Å². The number of fused-ring (bicyclic) bond motifs is 3. The molecule has 1 aromatic heterocycles. The third-order valence-corrected chi connectivity index (χ3v) is 3.19. The van der Waals surface area contributed by atoms with E-state index in [-0.39, 0.29) is 0 Å². The molecule has 90 valence electrons. The summed E-state index contributed by atoms with van der Waals surface area (Å²) in [7, 11) is 0. The van der Waals surface area contributed by atoms with Crippen molar-refractivity contribution in [3.63, 3.8) is 0 Å². The van der Waals surface area contributed by atoms with Crippen LogP contribution in [0.4, 0.5) is 0 Å². The van der Waals surface area contributed by atoms with Crippen molar-refractivity contribution in [2.45, 2.75) is 6.54 Å². The fourth-order valence-corrected chi connectivity index (χ4v) is 2.34. The average molecular weight is 239 g/mol. The van der Waals surface area contributed by atoms with Gasteiger partial charge in [0.15, 0.2) is 0 Å². The predicted molar refractivity (Wildman–Crippen MR) is 72.2 cm³/mol. The van der Waals surface area contributed by atoms with Gasteiger partial charge in [-0.25, -0.2) is 0 Å². The second-order valence-electron chi connectivity index (χ2n) is 4.30. The van der Waals surface area contributed by atoms with Crippen LogP contribution in [0.2, 0.25) is 0 Å². The van der Waals surface area contributed by atoms with E-state index in [1.54, 1.807) is 6.07 Å². The van der Waals surface area contributed by atoms with Gasteiger partial charge < -0.3 is 16.5 Å². The van der Waals surface area contributed by atoms with Gasteiger partial charge in [0.1, 0.15) is 0 Å². The molecule has 3 aromatic rings. The third-order valence-electron chi connectivity index (χ3n) is 3.19. The highest BCUT2D eigenvalue weighted by Gasteiger charge is 2.11. The summed E-state index contributed by atoms with van der Waals surface area (Å²) >= 11 is 0. The van der Waals surface area contributed by atoms with E-state index in [0.717, 1.165) is 27.4 Å². The number of carbonyl (C=O) groups excluding carboxylic acids is 1. The van der Waals surface area contributed by atoms with Gasteiger partial charge in [-0.3, -0.25) is 4.79 Å². The summed E-state index contributed by atoms with van der Waals surface area (Å²) in [6.45, 7) is 0.494. The SMILES string of the molecule is NCc1ccc2c(c1)[nH]c1cccc(C(N)=O)c12. The Hall–Kier alpha value is -2.33. The summed E-state index contributed by atoms with van der Waals surface area (Å²) in [5.41, 5.74) is 14.5. The molecule has 0 bridgehead atoms. The predicted octanol–water partition coefficient (Wildman–Crippen LogP) is 1.88. The highest BCUT2D eigenvalue weighted by Crippen LogP contribution is 2.28. The van der Waals surface area contributed by atoms with Crippen LogP contribution in [-0.2, 0) is 6.54 Å². The van der Waals surface area contributed by atoms with Crippen LogP contribution in [0.5, 0.6) is 0 Å². The lowest BCUT2D eigenvalue weighted by atomic mass is 10.0. The molecule has 3 rings (SSSR count). The molecule has 0 aliphatic rings. The maximum atomic E-state index is 11.5. The van der Waals surface area contributed by atoms with Gasteiger partial charge in [-0.15, -0.1) is 0 Å². The number of H-pyrrole nitrogens is 1. The van der Waals surface area contributed by atoms with Crippen molar-refractivity contribution in [2.75, 3.05) is 0 Å². The van der Waals surface area contributed by atoms with Crippen molar-refractivity contribution >= 4 is 27.7 Å². The number of rotatable bonds is 2. The second-order valence-corrected chi connectivity index (χ2v) is 4.30. The highest BCUT2D eigenvalue weighted by molar-refractivity contribution is 6.17. The fourth-order valence-electron chi connectivity index (χ4n) is 2.34. The maximum Gasteiger partial charge on any atom is 0.249 e. The van der Waals surface area contributed by atoms with E-state index in [2.05, 4.69) is 4.98 Å². The smallest absolute Gasteiger partial charge is 0.249 e. The van der Waals surface area contributed by atoms with Gasteiger partial charge in [-0.1, -0.05) is 18.2 Å². The minimum atomic E-state index is -0.413. The van der Waals surface area contributed by atoms with Crippen molar-refractivity contribution in [1.82, 2.24) is 4.98 Å². The van der Waals surface area contributed by atoms with Gasteiger partial charge in [-0.05, 0) is 23.8 Å². The van der Waals surface area contributed by atoms with E-state index in [0.29, 0.717) is 12.1 Å². The normalized spacial score (nSPS) is 11.2. The van der Waals surface area contributed by atoms with Gasteiger partial charge in [0, 0.05) is 33.9 Å². The van der Waals surface area contributed by atoms with Crippen LogP contribution in [-0.4, -0.2) is 10.9 Å². The van der Waals surface area contributed by atoms with Crippen molar-refractivity contribution in [3.8, 4) is 0 Å². The second kappa shape index (κ2) is 3.85. The number of amides is 1. The molecule has 1 heterocycles. The van der Waals surface area contributed by atoms with Gasteiger partial charge in [0.05, 0.1) is 0 Å². The third kappa shape index (κ3) is 1.47. The summed E-state index contributed by atoms with van der Waals surface area (Å²) in [5.74, 6) is -0.413. The number of primary amides is 1. The monoisotopic (exact) mass is 239 g/mol. The maximum absolute atomic E-state index is 11.5. The van der Waals surface area contributed by atoms with Crippen molar-refractivity contribution < 1.29 is 4.79 Å². The van der Waals surface area contributed by atoms with Crippen LogP contribution < -0.4 is 11.5 Å². The first-order chi connectivity index (χ1) is 8.70. The average Bonchev–Trinajstić information content (AvgIpc) is 2.75. The highest BCUT2D eigenvalue weighted by atomic mass is 16.1. The zero-order chi connectivity index (χ0) is 12.7. The van der Waals surface area contributed by atoms with Crippen LogP contribution in [0.15, 0.2) is 36.4 Å². The number of aromatic amines is 1. The van der Waals surface area contributed by atoms with E-state index in [9.17, 15) is 4.79 Å². The molecular weight excluding hydrogens is 226 g/mol. The molecule has 18 heavy (non-hydrogen) atoms. The molecule has 4 heteroatoms. The number of aromatic nitrogens is 1. The molecule has 0 unspecified atom stereocenters. The molecule has 1 amide bonds. The number of nitrogens with two attached hydrogens (primary N) is 2. The molecule has 0 spiro atoms. The number of hydrogen-bond acceptors (Lipinski definition) is 2. The summed E-state index contributed by atoms with van der Waals surface area (Å²) in [5, 5.41) is 1.88. The molecule has 0 fully saturated rings. The molecule has 4 nitrogen and oxygen atoms in total. The molecular formula is C14H13N3O. The van der Waals surface area contributed by atoms with Gasteiger partial charge in [0.25, 0.3) is 0 Å². The Morgan fingerprint density at radius 1 is 1.17 bits per heavy atom. The summed E-state index contributed by atoms with van der Waals surface area (Å²) in [6.07, 6.45) is 0. The minimum absolute atomic E-state index is 0.413. The molecule has 0 saturated heterocycles. The van der Waals surface area contributed by atoms with Crippen molar-refractivity contribution in [2.24, 2.45) is 11.5 Å². The molecule has 0 atom stereocenters. The summed E-state index contributed by atoms with van der Waals surface area (Å²) in [6, 6.07) is 11.4. The van der Waals surface area contributed by atoms with Crippen LogP contribution in [0.1, 0.15) is 15.9 Å². The molecule has 2 aromatic carbocycles. The first-order valence-corrected chi connectivity index (χ1v) is 5.74. The first-order valence-electron chi connectivity index (χ1n) is 5.74. The Morgan fingerprint density at radius 2 is 2.00 bits per heavy atom. The lowest BCUT2D eigenvalue weighted by molar-refractivity contribution is 0.100. The Kier molecular flexibility index (Phi) is 2.31. The van der Waals surface area contributed by atoms with Gasteiger partial charge in [0.2, 0.25) is 5.91 Å². The quantitative estimate of drug-likeness (QED) is 0.637. The molecule has 5 N–H and O–H groups in total. The molecule has 0 radical (unpaired) electrons. The van der Waals surface area contributed by atoms with E-state index >= 15 is 0 Å². The number of benzene rings is 2. The lowest BCUT2D eigenvalue weighted by Crippen LogP contribution is -2.10. The van der Waals surface area contributed by atoms with Crippen molar-refractivity contribution in [1.29, 1.82) is 0 Å². The van der Waals surface area contributed by atoms with E-state index in [1.807, 2.05) is 30.3 Å². The fraction of sp³-hybridized carbons (Fsp3) is 0.0714. The minimum Gasteiger partial charge on any atom is -0.366 e. The number of carbonyl (C=O) groups is 1. The van der Waals surface area contributed by atoms with Crippen LogP contribution in [0.3, 0.4) is 0 Å². The first kappa shape index (κ1) is 10.8. The zero-order valence-corrected chi connectivity index (χ0v) is 9.73. The largest absolute Gasteiger partial charge is 0.366 e. The molecule has 0 aliphatic heterocycles. The molecule has 0 saturated carbocycles. The van der Waals surface area contributed by atoms with Gasteiger partial charge in [-0.2, -0.15) is 0 Å². The van der Waals surface area contributed by atoms with Crippen LogP contribution in [0.25, 0.3) is 21.8 Å². The lowest BCUT2D eigenvalue weighted by Gasteiger charge is -1.99. The topological polar surface area (TPSA) is 84.9 Å². The Morgan fingerprint density at radius 3 is 2.72 bits per heavy atom. The Balaban J connectivity index is 2.45. The van der Waals surface area contributed by atoms with Crippen molar-refractivity contribution in [3.05, 3.63) is 47.5 Å². The Labute approximate surface area is 104 Å². The van der Waals surface area contributed by atoms with E-state index in [4.69, 9.17) is 11.5 Å². The van der Waals surface area contributed by atoms with E-state index < -0.39 is 5.91 Å². The number of hydrogen-bond donors (Lipinski definition) is 3. The molecule has 0 aliphatic carbocycles. The summed E-state index contributed by atoms with van der Waals surface area (Å²) in [4.78, 5) is 14.8. The zero-order valence-electron chi connectivity index (χ0n) is 9.73. The summed E-state index contributed by atoms with van der Waals surface area (Å²) < 4.78 is 0.